The van der Waals surface area contributed by atoms with Gasteiger partial charge in [-0.15, -0.1) is 0 Å². The molecule has 22 heavy (non-hydrogen) atoms. The van der Waals surface area contributed by atoms with Crippen LogP contribution in [0.4, 0.5) is 14.9 Å². The van der Waals surface area contributed by atoms with E-state index in [4.69, 9.17) is 0 Å². The lowest BCUT2D eigenvalue weighted by Crippen LogP contribution is -2.30. The van der Waals surface area contributed by atoms with Crippen molar-refractivity contribution in [2.45, 2.75) is 13.3 Å². The molecule has 5 heteroatoms. The average Bonchev–Trinajstić information content (AvgIpc) is 2.50. The Hall–Kier alpha value is -2.69. The third-order valence-corrected chi connectivity index (χ3v) is 3.19. The maximum atomic E-state index is 13.4. The highest BCUT2D eigenvalue weighted by molar-refractivity contribution is 5.95. The second kappa shape index (κ2) is 7.36. The average molecular weight is 300 g/mol. The van der Waals surface area contributed by atoms with E-state index in [1.807, 2.05) is 0 Å². The molecule has 0 spiro atoms. The molecule has 0 heterocycles. The fourth-order valence-corrected chi connectivity index (χ4v) is 1.98. The summed E-state index contributed by atoms with van der Waals surface area (Å²) in [5.74, 6) is -0.301. The zero-order valence-corrected chi connectivity index (χ0v) is 12.2. The molecule has 0 bridgehead atoms. The molecule has 0 atom stereocenters. The van der Waals surface area contributed by atoms with Gasteiger partial charge in [-0.3, -0.25) is 4.79 Å². The molecule has 0 aliphatic heterocycles. The predicted octanol–water partition coefficient (Wildman–Crippen LogP) is 3.39. The Bertz CT molecular complexity index is 669. The summed E-state index contributed by atoms with van der Waals surface area (Å²) in [4.78, 5) is 22.9. The molecule has 114 valence electrons. The zero-order chi connectivity index (χ0) is 15.9. The van der Waals surface area contributed by atoms with Gasteiger partial charge in [0.1, 0.15) is 5.82 Å². The number of urea groups is 1. The first-order valence-electron chi connectivity index (χ1n) is 6.95. The van der Waals surface area contributed by atoms with Crippen LogP contribution in [-0.2, 0) is 6.42 Å². The first-order chi connectivity index (χ1) is 10.6. The van der Waals surface area contributed by atoms with Crippen molar-refractivity contribution >= 4 is 17.5 Å². The summed E-state index contributed by atoms with van der Waals surface area (Å²) in [5.41, 5.74) is 1.74. The summed E-state index contributed by atoms with van der Waals surface area (Å²) in [6.07, 6.45) is 0.420. The zero-order valence-electron chi connectivity index (χ0n) is 12.2. The maximum absolute atomic E-state index is 13.4. The third-order valence-electron chi connectivity index (χ3n) is 3.19. The molecular weight excluding hydrogens is 283 g/mol. The van der Waals surface area contributed by atoms with Crippen molar-refractivity contribution < 1.29 is 14.0 Å². The largest absolute Gasteiger partial charge is 0.338 e. The molecule has 0 unspecified atom stereocenters. The van der Waals surface area contributed by atoms with Gasteiger partial charge in [0.25, 0.3) is 0 Å². The van der Waals surface area contributed by atoms with E-state index in [1.165, 1.54) is 13.0 Å². The molecule has 0 aromatic heterocycles. The minimum Gasteiger partial charge on any atom is -0.338 e. The monoisotopic (exact) mass is 300 g/mol. The number of Topliss-reactive ketones (excluding diaryl/α,β-unsaturated/α-hetero) is 1. The van der Waals surface area contributed by atoms with Gasteiger partial charge in [0.15, 0.2) is 5.78 Å². The maximum Gasteiger partial charge on any atom is 0.319 e. The van der Waals surface area contributed by atoms with Gasteiger partial charge in [0.05, 0.1) is 0 Å². The third kappa shape index (κ3) is 4.41. The topological polar surface area (TPSA) is 58.2 Å². The highest BCUT2D eigenvalue weighted by atomic mass is 19.1. The number of anilines is 1. The minimum atomic E-state index is -0.369. The van der Waals surface area contributed by atoms with Crippen LogP contribution in [0.5, 0.6) is 0 Å². The van der Waals surface area contributed by atoms with E-state index in [0.717, 1.165) is 0 Å². The summed E-state index contributed by atoms with van der Waals surface area (Å²) in [6, 6.07) is 12.7. The Balaban J connectivity index is 1.80. The van der Waals surface area contributed by atoms with Crippen LogP contribution >= 0.6 is 0 Å². The van der Waals surface area contributed by atoms with Crippen LogP contribution in [0.25, 0.3) is 0 Å². The van der Waals surface area contributed by atoms with Crippen LogP contribution in [0.2, 0.25) is 0 Å². The SMILES string of the molecule is CC(=O)c1ccc(NC(=O)NCCc2ccccc2F)cc1. The number of benzene rings is 2. The van der Waals surface area contributed by atoms with Crippen molar-refractivity contribution in [2.24, 2.45) is 0 Å². The van der Waals surface area contributed by atoms with E-state index in [-0.39, 0.29) is 17.6 Å². The van der Waals surface area contributed by atoms with Crippen molar-refractivity contribution in [3.63, 3.8) is 0 Å². The van der Waals surface area contributed by atoms with Crippen LogP contribution < -0.4 is 10.6 Å². The van der Waals surface area contributed by atoms with Gasteiger partial charge in [0.2, 0.25) is 0 Å². The molecule has 0 aliphatic rings. The molecule has 0 aliphatic carbocycles. The normalized spacial score (nSPS) is 10.1. The van der Waals surface area contributed by atoms with Crippen molar-refractivity contribution in [1.82, 2.24) is 5.32 Å². The predicted molar refractivity (Wildman–Crippen MR) is 83.6 cm³/mol. The first kappa shape index (κ1) is 15.7. The van der Waals surface area contributed by atoms with E-state index in [9.17, 15) is 14.0 Å². The van der Waals surface area contributed by atoms with Crippen LogP contribution in [0, 0.1) is 5.82 Å². The van der Waals surface area contributed by atoms with Crippen LogP contribution in [0.1, 0.15) is 22.8 Å². The van der Waals surface area contributed by atoms with Crippen molar-refractivity contribution in [3.05, 3.63) is 65.5 Å². The van der Waals surface area contributed by atoms with Gasteiger partial charge < -0.3 is 10.6 Å². The fraction of sp³-hybridized carbons (Fsp3) is 0.176. The minimum absolute atomic E-state index is 0.0270. The number of hydrogen-bond acceptors (Lipinski definition) is 2. The summed E-state index contributed by atoms with van der Waals surface area (Å²) in [5, 5.41) is 5.31. The molecular formula is C17H17FN2O2. The Morgan fingerprint density at radius 1 is 1.05 bits per heavy atom. The second-order valence-corrected chi connectivity index (χ2v) is 4.86. The summed E-state index contributed by atoms with van der Waals surface area (Å²) in [6.45, 7) is 1.82. The Morgan fingerprint density at radius 2 is 1.73 bits per heavy atom. The number of amides is 2. The van der Waals surface area contributed by atoms with Crippen LogP contribution in [-0.4, -0.2) is 18.4 Å². The number of halogens is 1. The van der Waals surface area contributed by atoms with Gasteiger partial charge in [-0.1, -0.05) is 18.2 Å². The lowest BCUT2D eigenvalue weighted by Gasteiger charge is -2.08. The highest BCUT2D eigenvalue weighted by Crippen LogP contribution is 2.10. The second-order valence-electron chi connectivity index (χ2n) is 4.86. The first-order valence-corrected chi connectivity index (χ1v) is 6.95. The number of ketones is 1. The van der Waals surface area contributed by atoms with E-state index in [0.29, 0.717) is 29.8 Å². The lowest BCUT2D eigenvalue weighted by molar-refractivity contribution is 0.101. The summed E-state index contributed by atoms with van der Waals surface area (Å²) >= 11 is 0. The summed E-state index contributed by atoms with van der Waals surface area (Å²) in [7, 11) is 0. The van der Waals surface area contributed by atoms with Gasteiger partial charge in [-0.25, -0.2) is 9.18 Å². The summed E-state index contributed by atoms with van der Waals surface area (Å²) < 4.78 is 13.4. The molecule has 0 radical (unpaired) electrons. The quantitative estimate of drug-likeness (QED) is 0.832. The molecule has 4 nitrogen and oxygen atoms in total. The van der Waals surface area contributed by atoms with Gasteiger partial charge >= 0.3 is 6.03 Å². The smallest absolute Gasteiger partial charge is 0.319 e. The lowest BCUT2D eigenvalue weighted by atomic mass is 10.1. The molecule has 2 N–H and O–H groups in total. The Morgan fingerprint density at radius 3 is 2.36 bits per heavy atom. The Labute approximate surface area is 128 Å². The molecule has 2 amide bonds. The molecule has 0 fully saturated rings. The molecule has 0 saturated carbocycles. The van der Waals surface area contributed by atoms with Crippen molar-refractivity contribution in [1.29, 1.82) is 0 Å². The van der Waals surface area contributed by atoms with E-state index in [1.54, 1.807) is 42.5 Å². The highest BCUT2D eigenvalue weighted by Gasteiger charge is 2.04. The van der Waals surface area contributed by atoms with Crippen LogP contribution in [0.15, 0.2) is 48.5 Å². The van der Waals surface area contributed by atoms with E-state index in [2.05, 4.69) is 10.6 Å². The number of carbonyl (C=O) groups is 2. The number of hydrogen-bond donors (Lipinski definition) is 2. The number of rotatable bonds is 5. The molecule has 2 aromatic carbocycles. The van der Waals surface area contributed by atoms with E-state index < -0.39 is 0 Å². The standard InChI is InChI=1S/C17H17FN2O2/c1-12(21)13-6-8-15(9-7-13)20-17(22)19-11-10-14-4-2-3-5-16(14)18/h2-9H,10-11H2,1H3,(H2,19,20,22). The van der Waals surface area contributed by atoms with Gasteiger partial charge in [0, 0.05) is 17.8 Å². The van der Waals surface area contributed by atoms with Crippen molar-refractivity contribution in [2.75, 3.05) is 11.9 Å². The van der Waals surface area contributed by atoms with Crippen LogP contribution in [0.3, 0.4) is 0 Å². The number of nitrogens with one attached hydrogen (secondary N) is 2. The number of carbonyl (C=O) groups excluding carboxylic acids is 2. The molecule has 0 saturated heterocycles. The molecule has 2 rings (SSSR count). The van der Waals surface area contributed by atoms with Crippen molar-refractivity contribution in [3.8, 4) is 0 Å². The Kier molecular flexibility index (Phi) is 5.25. The van der Waals surface area contributed by atoms with Gasteiger partial charge in [-0.2, -0.15) is 0 Å². The molecule has 2 aromatic rings. The van der Waals surface area contributed by atoms with Gasteiger partial charge in [-0.05, 0) is 49.2 Å². The fourth-order valence-electron chi connectivity index (χ4n) is 1.98. The van der Waals surface area contributed by atoms with E-state index >= 15 is 0 Å².